The van der Waals surface area contributed by atoms with Crippen LogP contribution in [0.2, 0.25) is 0 Å². The minimum Gasteiger partial charge on any atom is -0.394 e. The number of hydrogen-bond donors (Lipinski definition) is 2. The molecule has 0 aliphatic carbocycles. The van der Waals surface area contributed by atoms with E-state index in [-0.39, 0.29) is 12.6 Å². The van der Waals surface area contributed by atoms with Gasteiger partial charge in [-0.05, 0) is 19.8 Å². The minimum atomic E-state index is 0.195. The number of hydrogen-bond acceptors (Lipinski definition) is 5. The van der Waals surface area contributed by atoms with Crippen LogP contribution in [0.4, 0.5) is 11.6 Å². The Hall–Kier alpha value is -1.36. The van der Waals surface area contributed by atoms with Crippen LogP contribution in [-0.2, 0) is 0 Å². The van der Waals surface area contributed by atoms with E-state index in [9.17, 15) is 5.11 Å². The fourth-order valence-corrected chi connectivity index (χ4v) is 2.11. The van der Waals surface area contributed by atoms with Crippen molar-refractivity contribution >= 4 is 11.6 Å². The first kappa shape index (κ1) is 11.1. The normalized spacial score (nSPS) is 20.1. The summed E-state index contributed by atoms with van der Waals surface area (Å²) in [7, 11) is 0. The molecular weight excluding hydrogens is 204 g/mol. The predicted molar refractivity (Wildman–Crippen MR) is 63.6 cm³/mol. The molecule has 88 valence electrons. The lowest BCUT2D eigenvalue weighted by atomic mass is 10.2. The van der Waals surface area contributed by atoms with Gasteiger partial charge in [0.15, 0.2) is 0 Å². The molecule has 1 aromatic rings. The van der Waals surface area contributed by atoms with Crippen molar-refractivity contribution < 1.29 is 5.11 Å². The highest BCUT2D eigenvalue weighted by Crippen LogP contribution is 2.24. The summed E-state index contributed by atoms with van der Waals surface area (Å²) in [6, 6.07) is 2.15. The highest BCUT2D eigenvalue weighted by molar-refractivity contribution is 5.49. The van der Waals surface area contributed by atoms with Gasteiger partial charge < -0.3 is 15.3 Å². The molecule has 0 saturated carbocycles. The van der Waals surface area contributed by atoms with Gasteiger partial charge >= 0.3 is 0 Å². The van der Waals surface area contributed by atoms with E-state index in [0.717, 1.165) is 37.6 Å². The smallest absolute Gasteiger partial charge is 0.134 e. The SMILES string of the molecule is CCNc1cc(N2CCCC2CO)ncn1. The molecule has 1 unspecified atom stereocenters. The van der Waals surface area contributed by atoms with Crippen molar-refractivity contribution in [2.24, 2.45) is 0 Å². The summed E-state index contributed by atoms with van der Waals surface area (Å²) in [5.41, 5.74) is 0. The van der Waals surface area contributed by atoms with E-state index in [0.29, 0.717) is 0 Å². The van der Waals surface area contributed by atoms with Crippen molar-refractivity contribution in [3.8, 4) is 0 Å². The summed E-state index contributed by atoms with van der Waals surface area (Å²) in [5.74, 6) is 1.75. The van der Waals surface area contributed by atoms with Crippen LogP contribution in [-0.4, -0.2) is 40.8 Å². The molecule has 1 aliphatic rings. The molecule has 5 nitrogen and oxygen atoms in total. The lowest BCUT2D eigenvalue weighted by molar-refractivity contribution is 0.266. The zero-order chi connectivity index (χ0) is 11.4. The average molecular weight is 222 g/mol. The first-order valence-electron chi connectivity index (χ1n) is 5.78. The van der Waals surface area contributed by atoms with Gasteiger partial charge in [-0.25, -0.2) is 9.97 Å². The third-order valence-corrected chi connectivity index (χ3v) is 2.89. The topological polar surface area (TPSA) is 61.3 Å². The molecule has 2 heterocycles. The number of anilines is 2. The molecule has 5 heteroatoms. The summed E-state index contributed by atoms with van der Waals surface area (Å²) in [4.78, 5) is 10.6. The molecule has 2 N–H and O–H groups in total. The molecule has 1 aromatic heterocycles. The molecule has 0 bridgehead atoms. The molecule has 0 spiro atoms. The van der Waals surface area contributed by atoms with Crippen molar-refractivity contribution in [3.63, 3.8) is 0 Å². The van der Waals surface area contributed by atoms with Gasteiger partial charge in [0.1, 0.15) is 18.0 Å². The van der Waals surface area contributed by atoms with Gasteiger partial charge in [0.2, 0.25) is 0 Å². The van der Waals surface area contributed by atoms with Gasteiger partial charge in [0.25, 0.3) is 0 Å². The Balaban J connectivity index is 2.16. The van der Waals surface area contributed by atoms with Crippen molar-refractivity contribution in [1.29, 1.82) is 0 Å². The van der Waals surface area contributed by atoms with Crippen LogP contribution in [0.5, 0.6) is 0 Å². The van der Waals surface area contributed by atoms with Gasteiger partial charge in [-0.3, -0.25) is 0 Å². The molecule has 1 atom stereocenters. The molecule has 1 fully saturated rings. The fraction of sp³-hybridized carbons (Fsp3) is 0.636. The highest BCUT2D eigenvalue weighted by Gasteiger charge is 2.24. The monoisotopic (exact) mass is 222 g/mol. The Morgan fingerprint density at radius 2 is 2.44 bits per heavy atom. The second-order valence-corrected chi connectivity index (χ2v) is 3.96. The maximum Gasteiger partial charge on any atom is 0.134 e. The maximum atomic E-state index is 9.27. The van der Waals surface area contributed by atoms with Gasteiger partial charge in [0.05, 0.1) is 12.6 Å². The van der Waals surface area contributed by atoms with Crippen molar-refractivity contribution in [1.82, 2.24) is 9.97 Å². The van der Waals surface area contributed by atoms with Gasteiger partial charge in [-0.2, -0.15) is 0 Å². The summed E-state index contributed by atoms with van der Waals surface area (Å²) in [6.45, 7) is 4.04. The Morgan fingerprint density at radius 1 is 1.56 bits per heavy atom. The van der Waals surface area contributed by atoms with Crippen molar-refractivity contribution in [2.75, 3.05) is 29.9 Å². The predicted octanol–water partition coefficient (Wildman–Crippen LogP) is 0.869. The Kier molecular flexibility index (Phi) is 3.56. The number of nitrogens with zero attached hydrogens (tertiary/aromatic N) is 3. The standard InChI is InChI=1S/C11H18N4O/c1-2-12-10-6-11(14-8-13-10)15-5-3-4-9(15)7-16/h6,8-9,16H,2-5,7H2,1H3,(H,12,13,14). The Bertz CT molecular complexity index is 345. The third-order valence-electron chi connectivity index (χ3n) is 2.89. The number of aliphatic hydroxyl groups is 1. The van der Waals surface area contributed by atoms with Gasteiger partial charge in [-0.15, -0.1) is 0 Å². The molecule has 1 aliphatic heterocycles. The summed E-state index contributed by atoms with van der Waals surface area (Å²) < 4.78 is 0. The summed E-state index contributed by atoms with van der Waals surface area (Å²) in [6.07, 6.45) is 3.73. The number of aromatic nitrogens is 2. The number of nitrogens with one attached hydrogen (secondary N) is 1. The second kappa shape index (κ2) is 5.12. The molecule has 1 saturated heterocycles. The van der Waals surface area contributed by atoms with E-state index in [4.69, 9.17) is 0 Å². The van der Waals surface area contributed by atoms with Crippen LogP contribution in [0.25, 0.3) is 0 Å². The van der Waals surface area contributed by atoms with Crippen LogP contribution < -0.4 is 10.2 Å². The van der Waals surface area contributed by atoms with Crippen LogP contribution in [0.1, 0.15) is 19.8 Å². The van der Waals surface area contributed by atoms with Gasteiger partial charge in [-0.1, -0.05) is 0 Å². The number of aliphatic hydroxyl groups excluding tert-OH is 1. The lowest BCUT2D eigenvalue weighted by Gasteiger charge is -2.24. The number of rotatable bonds is 4. The van der Waals surface area contributed by atoms with E-state index in [2.05, 4.69) is 20.2 Å². The van der Waals surface area contributed by atoms with Crippen LogP contribution in [0, 0.1) is 0 Å². The van der Waals surface area contributed by atoms with E-state index >= 15 is 0 Å². The second-order valence-electron chi connectivity index (χ2n) is 3.96. The van der Waals surface area contributed by atoms with E-state index in [1.807, 2.05) is 13.0 Å². The van der Waals surface area contributed by atoms with Crippen LogP contribution in [0.3, 0.4) is 0 Å². The Labute approximate surface area is 95.5 Å². The largest absolute Gasteiger partial charge is 0.394 e. The third kappa shape index (κ3) is 2.24. The maximum absolute atomic E-state index is 9.27. The molecule has 0 aromatic carbocycles. The Morgan fingerprint density at radius 3 is 3.19 bits per heavy atom. The zero-order valence-corrected chi connectivity index (χ0v) is 9.56. The van der Waals surface area contributed by atoms with Crippen LogP contribution >= 0.6 is 0 Å². The van der Waals surface area contributed by atoms with Crippen LogP contribution in [0.15, 0.2) is 12.4 Å². The fourth-order valence-electron chi connectivity index (χ4n) is 2.11. The molecule has 2 rings (SSSR count). The molecule has 0 amide bonds. The van der Waals surface area contributed by atoms with E-state index in [1.54, 1.807) is 6.33 Å². The molecular formula is C11H18N4O. The summed E-state index contributed by atoms with van der Waals surface area (Å²) in [5, 5.41) is 12.4. The summed E-state index contributed by atoms with van der Waals surface area (Å²) >= 11 is 0. The zero-order valence-electron chi connectivity index (χ0n) is 9.56. The quantitative estimate of drug-likeness (QED) is 0.791. The van der Waals surface area contributed by atoms with E-state index < -0.39 is 0 Å². The minimum absolute atomic E-state index is 0.195. The molecule has 16 heavy (non-hydrogen) atoms. The van der Waals surface area contributed by atoms with Crippen molar-refractivity contribution in [2.45, 2.75) is 25.8 Å². The average Bonchev–Trinajstić information content (AvgIpc) is 2.78. The first-order chi connectivity index (χ1) is 7.85. The van der Waals surface area contributed by atoms with Gasteiger partial charge in [0, 0.05) is 19.2 Å². The first-order valence-corrected chi connectivity index (χ1v) is 5.78. The highest BCUT2D eigenvalue weighted by atomic mass is 16.3. The molecule has 0 radical (unpaired) electrons. The van der Waals surface area contributed by atoms with E-state index in [1.165, 1.54) is 0 Å². The van der Waals surface area contributed by atoms with Crippen molar-refractivity contribution in [3.05, 3.63) is 12.4 Å². The lowest BCUT2D eigenvalue weighted by Crippen LogP contribution is -2.32.